The quantitative estimate of drug-likeness (QED) is 0.809. The summed E-state index contributed by atoms with van der Waals surface area (Å²) < 4.78 is 13.4. The Hall–Kier alpha value is -1.38. The molecule has 0 fully saturated rings. The van der Waals surface area contributed by atoms with Crippen molar-refractivity contribution in [3.8, 4) is 0 Å². The molecule has 0 aliphatic heterocycles. The third kappa shape index (κ3) is 1.74. The fourth-order valence-electron chi connectivity index (χ4n) is 2.20. The molecule has 2 atom stereocenters. The summed E-state index contributed by atoms with van der Waals surface area (Å²) in [6.07, 6.45) is 1.23. The molecule has 0 aromatic heterocycles. The van der Waals surface area contributed by atoms with Crippen LogP contribution in [0.4, 0.5) is 4.39 Å². The molecule has 0 radical (unpaired) electrons. The van der Waals surface area contributed by atoms with E-state index in [4.69, 9.17) is 5.11 Å². The molecule has 2 rings (SSSR count). The van der Waals surface area contributed by atoms with E-state index in [1.807, 2.05) is 6.07 Å². The summed E-state index contributed by atoms with van der Waals surface area (Å²) in [5, 5.41) is 8.90. The molecule has 0 bridgehead atoms. The minimum absolute atomic E-state index is 0.0365. The van der Waals surface area contributed by atoms with Crippen molar-refractivity contribution in [3.63, 3.8) is 0 Å². The van der Waals surface area contributed by atoms with Gasteiger partial charge in [-0.2, -0.15) is 0 Å². The molecule has 1 aliphatic carbocycles. The van der Waals surface area contributed by atoms with E-state index < -0.39 is 11.9 Å². The molecular weight excluding hydrogens is 195 g/mol. The van der Waals surface area contributed by atoms with Crippen LogP contribution < -0.4 is 0 Å². The normalized spacial score (nSPS) is 21.1. The van der Waals surface area contributed by atoms with Crippen LogP contribution in [0.5, 0.6) is 0 Å². The monoisotopic (exact) mass is 208 g/mol. The molecule has 0 saturated heterocycles. The molecule has 15 heavy (non-hydrogen) atoms. The van der Waals surface area contributed by atoms with Gasteiger partial charge in [-0.25, -0.2) is 4.39 Å². The fourth-order valence-corrected chi connectivity index (χ4v) is 2.20. The molecule has 2 nitrogen and oxygen atoms in total. The molecule has 0 heterocycles. The molecule has 2 unspecified atom stereocenters. The third-order valence-electron chi connectivity index (χ3n) is 3.26. The Labute approximate surface area is 87.7 Å². The topological polar surface area (TPSA) is 37.3 Å². The van der Waals surface area contributed by atoms with Crippen molar-refractivity contribution in [2.75, 3.05) is 0 Å². The number of hydrogen-bond acceptors (Lipinski definition) is 1. The SMILES string of the molecule is CC(C(=O)O)C1Cc2cccc(F)c2C1. The lowest BCUT2D eigenvalue weighted by Crippen LogP contribution is -2.20. The van der Waals surface area contributed by atoms with Crippen LogP contribution in [0, 0.1) is 17.7 Å². The Morgan fingerprint density at radius 3 is 2.87 bits per heavy atom. The molecule has 80 valence electrons. The summed E-state index contributed by atoms with van der Waals surface area (Å²) in [7, 11) is 0. The molecule has 1 N–H and O–H groups in total. The minimum Gasteiger partial charge on any atom is -0.481 e. The Morgan fingerprint density at radius 1 is 1.53 bits per heavy atom. The first-order valence-corrected chi connectivity index (χ1v) is 5.08. The van der Waals surface area contributed by atoms with Crippen molar-refractivity contribution < 1.29 is 14.3 Å². The van der Waals surface area contributed by atoms with Gasteiger partial charge in [0.1, 0.15) is 5.82 Å². The number of hydrogen-bond donors (Lipinski definition) is 1. The van der Waals surface area contributed by atoms with Crippen molar-refractivity contribution in [1.29, 1.82) is 0 Å². The van der Waals surface area contributed by atoms with Crippen molar-refractivity contribution >= 4 is 5.97 Å². The van der Waals surface area contributed by atoms with Crippen LogP contribution in [-0.2, 0) is 17.6 Å². The second-order valence-electron chi connectivity index (χ2n) is 4.17. The first kappa shape index (κ1) is 10.1. The molecule has 1 aromatic rings. The number of carboxylic acid groups (broad SMARTS) is 1. The van der Waals surface area contributed by atoms with E-state index in [-0.39, 0.29) is 11.7 Å². The zero-order valence-corrected chi connectivity index (χ0v) is 8.53. The predicted octanol–water partition coefficient (Wildman–Crippen LogP) is 2.26. The van der Waals surface area contributed by atoms with Crippen LogP contribution in [0.2, 0.25) is 0 Å². The lowest BCUT2D eigenvalue weighted by atomic mass is 9.91. The Bertz CT molecular complexity index is 401. The van der Waals surface area contributed by atoms with Gasteiger partial charge in [0.2, 0.25) is 0 Å². The van der Waals surface area contributed by atoms with Crippen LogP contribution >= 0.6 is 0 Å². The van der Waals surface area contributed by atoms with Crippen molar-refractivity contribution in [3.05, 3.63) is 35.1 Å². The first-order chi connectivity index (χ1) is 7.09. The van der Waals surface area contributed by atoms with Gasteiger partial charge < -0.3 is 5.11 Å². The highest BCUT2D eigenvalue weighted by Gasteiger charge is 2.31. The van der Waals surface area contributed by atoms with Gasteiger partial charge in [0.25, 0.3) is 0 Å². The van der Waals surface area contributed by atoms with Gasteiger partial charge in [-0.3, -0.25) is 4.79 Å². The van der Waals surface area contributed by atoms with Crippen molar-refractivity contribution in [2.24, 2.45) is 11.8 Å². The lowest BCUT2D eigenvalue weighted by molar-refractivity contribution is -0.142. The average Bonchev–Trinajstić information content (AvgIpc) is 2.61. The molecule has 0 amide bonds. The largest absolute Gasteiger partial charge is 0.481 e. The number of aliphatic carboxylic acids is 1. The summed E-state index contributed by atoms with van der Waals surface area (Å²) in [6, 6.07) is 5.00. The number of carboxylic acids is 1. The van der Waals surface area contributed by atoms with Gasteiger partial charge in [0.15, 0.2) is 0 Å². The third-order valence-corrected chi connectivity index (χ3v) is 3.26. The predicted molar refractivity (Wildman–Crippen MR) is 54.1 cm³/mol. The van der Waals surface area contributed by atoms with E-state index >= 15 is 0 Å². The molecule has 3 heteroatoms. The number of rotatable bonds is 2. The fraction of sp³-hybridized carbons (Fsp3) is 0.417. The Morgan fingerprint density at radius 2 is 2.27 bits per heavy atom. The molecule has 1 aliphatic rings. The minimum atomic E-state index is -0.798. The second-order valence-corrected chi connectivity index (χ2v) is 4.17. The van der Waals surface area contributed by atoms with Crippen LogP contribution in [-0.4, -0.2) is 11.1 Å². The van der Waals surface area contributed by atoms with Crippen molar-refractivity contribution in [2.45, 2.75) is 19.8 Å². The lowest BCUT2D eigenvalue weighted by Gasteiger charge is -2.13. The number of benzene rings is 1. The Balaban J connectivity index is 2.23. The summed E-state index contributed by atoms with van der Waals surface area (Å²) in [5.41, 5.74) is 1.67. The van der Waals surface area contributed by atoms with Gasteiger partial charge in [0.05, 0.1) is 5.92 Å². The van der Waals surface area contributed by atoms with Gasteiger partial charge in [-0.1, -0.05) is 19.1 Å². The van der Waals surface area contributed by atoms with Gasteiger partial charge in [0, 0.05) is 0 Å². The Kier molecular flexibility index (Phi) is 2.47. The van der Waals surface area contributed by atoms with Crippen LogP contribution in [0.15, 0.2) is 18.2 Å². The number of halogens is 1. The maximum Gasteiger partial charge on any atom is 0.306 e. The summed E-state index contributed by atoms with van der Waals surface area (Å²) in [6.45, 7) is 1.69. The smallest absolute Gasteiger partial charge is 0.306 e. The van der Waals surface area contributed by atoms with E-state index in [1.54, 1.807) is 13.0 Å². The molecule has 1 aromatic carbocycles. The standard InChI is InChI=1S/C12H13FO2/c1-7(12(14)15)9-5-8-3-2-4-11(13)10(8)6-9/h2-4,7,9H,5-6H2,1H3,(H,14,15). The highest BCUT2D eigenvalue weighted by Crippen LogP contribution is 2.33. The summed E-state index contributed by atoms with van der Waals surface area (Å²) in [5.74, 6) is -1.37. The zero-order valence-electron chi connectivity index (χ0n) is 8.53. The van der Waals surface area contributed by atoms with Crippen LogP contribution in [0.3, 0.4) is 0 Å². The maximum absolute atomic E-state index is 13.4. The van der Waals surface area contributed by atoms with E-state index in [0.29, 0.717) is 18.4 Å². The highest BCUT2D eigenvalue weighted by atomic mass is 19.1. The first-order valence-electron chi connectivity index (χ1n) is 5.08. The van der Waals surface area contributed by atoms with Crippen LogP contribution in [0.25, 0.3) is 0 Å². The van der Waals surface area contributed by atoms with E-state index in [0.717, 1.165) is 5.56 Å². The number of fused-ring (bicyclic) bond motifs is 1. The van der Waals surface area contributed by atoms with E-state index in [2.05, 4.69) is 0 Å². The maximum atomic E-state index is 13.4. The van der Waals surface area contributed by atoms with Crippen LogP contribution in [0.1, 0.15) is 18.1 Å². The van der Waals surface area contributed by atoms with Gasteiger partial charge >= 0.3 is 5.97 Å². The molecular formula is C12H13FO2. The summed E-state index contributed by atoms with van der Waals surface area (Å²) >= 11 is 0. The van der Waals surface area contributed by atoms with Gasteiger partial charge in [-0.05, 0) is 36.0 Å². The van der Waals surface area contributed by atoms with Gasteiger partial charge in [-0.15, -0.1) is 0 Å². The van der Waals surface area contributed by atoms with E-state index in [9.17, 15) is 9.18 Å². The zero-order chi connectivity index (χ0) is 11.0. The molecule has 0 spiro atoms. The second kappa shape index (κ2) is 3.65. The highest BCUT2D eigenvalue weighted by molar-refractivity contribution is 5.70. The number of carbonyl (C=O) groups is 1. The molecule has 0 saturated carbocycles. The van der Waals surface area contributed by atoms with E-state index in [1.165, 1.54) is 6.07 Å². The van der Waals surface area contributed by atoms with Crippen molar-refractivity contribution in [1.82, 2.24) is 0 Å². The summed E-state index contributed by atoms with van der Waals surface area (Å²) in [4.78, 5) is 10.8. The average molecular weight is 208 g/mol.